The largest absolute Gasteiger partial charge is 0.490 e. The van der Waals surface area contributed by atoms with Crippen LogP contribution in [0.5, 0.6) is 5.75 Å². The summed E-state index contributed by atoms with van der Waals surface area (Å²) < 4.78 is 34.6. The molecule has 3 heteroatoms. The molecule has 0 radical (unpaired) electrons. The lowest BCUT2D eigenvalue weighted by molar-refractivity contribution is 0.292. The summed E-state index contributed by atoms with van der Waals surface area (Å²) in [6.45, 7) is 4.40. The van der Waals surface area contributed by atoms with E-state index in [1.165, 1.54) is 6.42 Å². The van der Waals surface area contributed by atoms with Crippen molar-refractivity contribution in [2.45, 2.75) is 39.5 Å². The van der Waals surface area contributed by atoms with Crippen LogP contribution in [0, 0.1) is 18.6 Å². The average molecular weight is 328 g/mol. The highest BCUT2D eigenvalue weighted by Crippen LogP contribution is 2.33. The first-order valence-corrected chi connectivity index (χ1v) is 8.56. The fourth-order valence-electron chi connectivity index (χ4n) is 3.06. The zero-order chi connectivity index (χ0) is 17.1. The third-order valence-electron chi connectivity index (χ3n) is 4.48. The molecule has 0 aromatic heterocycles. The van der Waals surface area contributed by atoms with E-state index in [0.717, 1.165) is 24.6 Å². The monoisotopic (exact) mass is 328 g/mol. The van der Waals surface area contributed by atoms with E-state index >= 15 is 0 Å². The normalized spacial score (nSPS) is 11.3. The highest BCUT2D eigenvalue weighted by molar-refractivity contribution is 6.08. The number of aryl methyl sites for hydroxylation is 1. The summed E-state index contributed by atoms with van der Waals surface area (Å²) in [6.07, 6.45) is 4.34. The highest BCUT2D eigenvalue weighted by atomic mass is 19.1. The summed E-state index contributed by atoms with van der Waals surface area (Å²) >= 11 is 0. The van der Waals surface area contributed by atoms with Gasteiger partial charge in [0.1, 0.15) is 5.82 Å². The fourth-order valence-corrected chi connectivity index (χ4v) is 3.06. The number of rotatable bonds is 6. The van der Waals surface area contributed by atoms with Crippen molar-refractivity contribution in [2.75, 3.05) is 6.61 Å². The number of ether oxygens (including phenoxy) is 1. The molecule has 3 rings (SSSR count). The van der Waals surface area contributed by atoms with E-state index < -0.39 is 0 Å². The summed E-state index contributed by atoms with van der Waals surface area (Å²) in [5, 5.41) is 2.43. The maximum atomic E-state index is 14.7. The summed E-state index contributed by atoms with van der Waals surface area (Å²) in [4.78, 5) is 0. The summed E-state index contributed by atoms with van der Waals surface area (Å²) in [5.74, 6) is -0.345. The zero-order valence-electron chi connectivity index (χ0n) is 14.2. The van der Waals surface area contributed by atoms with Crippen molar-refractivity contribution in [3.8, 4) is 5.75 Å². The molecule has 0 amide bonds. The van der Waals surface area contributed by atoms with Crippen molar-refractivity contribution in [1.82, 2.24) is 0 Å². The van der Waals surface area contributed by atoms with Crippen LogP contribution in [-0.4, -0.2) is 6.61 Å². The Morgan fingerprint density at radius 1 is 0.750 bits per heavy atom. The molecule has 24 heavy (non-hydrogen) atoms. The maximum Gasteiger partial charge on any atom is 0.172 e. The first-order chi connectivity index (χ1) is 11.6. The van der Waals surface area contributed by atoms with Crippen molar-refractivity contribution < 1.29 is 13.5 Å². The van der Waals surface area contributed by atoms with Crippen LogP contribution in [0.15, 0.2) is 36.4 Å². The number of benzene rings is 3. The summed E-state index contributed by atoms with van der Waals surface area (Å²) in [5.41, 5.74) is 0.592. The van der Waals surface area contributed by atoms with Gasteiger partial charge in [0.25, 0.3) is 0 Å². The van der Waals surface area contributed by atoms with Gasteiger partial charge in [0, 0.05) is 10.8 Å². The zero-order valence-corrected chi connectivity index (χ0v) is 14.2. The van der Waals surface area contributed by atoms with Crippen molar-refractivity contribution in [3.63, 3.8) is 0 Å². The minimum atomic E-state index is -0.370. The molecular weight excluding hydrogens is 306 g/mol. The molecule has 126 valence electrons. The van der Waals surface area contributed by atoms with Gasteiger partial charge in [0.15, 0.2) is 11.6 Å². The molecule has 0 bridgehead atoms. The van der Waals surface area contributed by atoms with E-state index in [-0.39, 0.29) is 17.4 Å². The lowest BCUT2D eigenvalue weighted by atomic mass is 9.99. The Labute approximate surface area is 141 Å². The molecule has 0 unspecified atom stereocenters. The Morgan fingerprint density at radius 3 is 2.08 bits per heavy atom. The lowest BCUT2D eigenvalue weighted by Gasteiger charge is -2.11. The molecule has 1 nitrogen and oxygen atoms in total. The molecule has 0 N–H and O–H groups in total. The molecule has 0 heterocycles. The van der Waals surface area contributed by atoms with Crippen LogP contribution in [0.3, 0.4) is 0 Å². The van der Waals surface area contributed by atoms with Crippen LogP contribution < -0.4 is 4.74 Å². The molecule has 0 aliphatic rings. The second-order valence-electron chi connectivity index (χ2n) is 6.24. The van der Waals surface area contributed by atoms with Crippen LogP contribution in [0.25, 0.3) is 21.5 Å². The van der Waals surface area contributed by atoms with Crippen LogP contribution >= 0.6 is 0 Å². The second-order valence-corrected chi connectivity index (χ2v) is 6.24. The SMILES string of the molecule is CCCCCCOc1ccc2c(ccc3c(F)c(C)ccc32)c1F. The van der Waals surface area contributed by atoms with Crippen molar-refractivity contribution in [3.05, 3.63) is 53.6 Å². The maximum absolute atomic E-state index is 14.7. The fraction of sp³-hybridized carbons (Fsp3) is 0.333. The van der Waals surface area contributed by atoms with Crippen molar-refractivity contribution in [2.24, 2.45) is 0 Å². The first-order valence-electron chi connectivity index (χ1n) is 8.56. The van der Waals surface area contributed by atoms with E-state index in [2.05, 4.69) is 6.92 Å². The molecule has 0 saturated carbocycles. The van der Waals surface area contributed by atoms with Gasteiger partial charge in [0.2, 0.25) is 0 Å². The van der Waals surface area contributed by atoms with E-state index in [1.807, 2.05) is 12.1 Å². The van der Waals surface area contributed by atoms with E-state index in [1.54, 1.807) is 31.2 Å². The number of halogens is 2. The van der Waals surface area contributed by atoms with Gasteiger partial charge in [-0.3, -0.25) is 0 Å². The quantitative estimate of drug-likeness (QED) is 0.369. The van der Waals surface area contributed by atoms with Gasteiger partial charge in [-0.25, -0.2) is 8.78 Å². The number of hydrogen-bond donors (Lipinski definition) is 0. The highest BCUT2D eigenvalue weighted by Gasteiger charge is 2.13. The second kappa shape index (κ2) is 7.16. The minimum absolute atomic E-state index is 0.244. The van der Waals surface area contributed by atoms with Crippen LogP contribution in [0.4, 0.5) is 8.78 Å². The van der Waals surface area contributed by atoms with Gasteiger partial charge in [0.05, 0.1) is 6.61 Å². The Balaban J connectivity index is 1.95. The smallest absolute Gasteiger partial charge is 0.172 e. The van der Waals surface area contributed by atoms with Crippen LogP contribution in [0.1, 0.15) is 38.2 Å². The van der Waals surface area contributed by atoms with Gasteiger partial charge < -0.3 is 4.74 Å². The van der Waals surface area contributed by atoms with E-state index in [9.17, 15) is 8.78 Å². The topological polar surface area (TPSA) is 9.23 Å². The molecule has 0 aliphatic carbocycles. The van der Waals surface area contributed by atoms with Gasteiger partial charge in [-0.05, 0) is 41.8 Å². The molecular formula is C21H22F2O. The van der Waals surface area contributed by atoms with Crippen LogP contribution in [0.2, 0.25) is 0 Å². The molecule has 0 saturated heterocycles. The molecule has 0 spiro atoms. The van der Waals surface area contributed by atoms with Gasteiger partial charge in [-0.15, -0.1) is 0 Å². The van der Waals surface area contributed by atoms with Crippen molar-refractivity contribution >= 4 is 21.5 Å². The first kappa shape index (κ1) is 16.7. The van der Waals surface area contributed by atoms with Crippen molar-refractivity contribution in [1.29, 1.82) is 0 Å². The third kappa shape index (κ3) is 3.08. The molecule has 3 aromatic carbocycles. The molecule has 3 aromatic rings. The Morgan fingerprint density at radius 2 is 1.38 bits per heavy atom. The minimum Gasteiger partial charge on any atom is -0.490 e. The van der Waals surface area contributed by atoms with Gasteiger partial charge in [-0.2, -0.15) is 0 Å². The number of unbranched alkanes of at least 4 members (excludes halogenated alkanes) is 3. The van der Waals surface area contributed by atoms with Gasteiger partial charge in [-0.1, -0.05) is 50.5 Å². The number of fused-ring (bicyclic) bond motifs is 3. The predicted octanol–water partition coefficient (Wildman–Crippen LogP) is 6.54. The molecule has 0 fully saturated rings. The Hall–Kier alpha value is -2.16. The standard InChI is InChI=1S/C21H22F2O/c1-3-4-5-6-13-24-19-12-11-16-15-8-7-14(2)20(22)17(15)9-10-18(16)21(19)23/h7-12H,3-6,13H2,1-2H3. The lowest BCUT2D eigenvalue weighted by Crippen LogP contribution is -2.00. The van der Waals surface area contributed by atoms with Gasteiger partial charge >= 0.3 is 0 Å². The average Bonchev–Trinajstić information content (AvgIpc) is 2.59. The third-order valence-corrected chi connectivity index (χ3v) is 4.48. The molecule has 0 aliphatic heterocycles. The predicted molar refractivity (Wildman–Crippen MR) is 95.7 cm³/mol. The summed E-state index contributed by atoms with van der Waals surface area (Å²) in [7, 11) is 0. The van der Waals surface area contributed by atoms with E-state index in [0.29, 0.717) is 28.3 Å². The summed E-state index contributed by atoms with van der Waals surface area (Å²) in [6, 6.07) is 10.3. The molecule has 0 atom stereocenters. The number of hydrogen-bond acceptors (Lipinski definition) is 1. The van der Waals surface area contributed by atoms with Crippen LogP contribution in [-0.2, 0) is 0 Å². The Kier molecular flexibility index (Phi) is 4.98. The van der Waals surface area contributed by atoms with E-state index in [4.69, 9.17) is 4.74 Å². The Bertz CT molecular complexity index is 871.